The van der Waals surface area contributed by atoms with Crippen LogP contribution in [-0.4, -0.2) is 52.4 Å². The van der Waals surface area contributed by atoms with Crippen molar-refractivity contribution in [2.24, 2.45) is 5.92 Å². The van der Waals surface area contributed by atoms with Crippen LogP contribution >= 0.6 is 11.6 Å². The second kappa shape index (κ2) is 6.17. The van der Waals surface area contributed by atoms with Gasteiger partial charge in [0.2, 0.25) is 0 Å². The third-order valence-corrected chi connectivity index (χ3v) is 5.53. The van der Waals surface area contributed by atoms with Gasteiger partial charge in [0.25, 0.3) is 0 Å². The number of morpholine rings is 1. The lowest BCUT2D eigenvalue weighted by molar-refractivity contribution is -0.0472. The second-order valence-corrected chi connectivity index (χ2v) is 7.22. The van der Waals surface area contributed by atoms with Crippen molar-refractivity contribution in [2.45, 2.75) is 44.6 Å². The van der Waals surface area contributed by atoms with E-state index in [1.165, 1.54) is 11.1 Å². The number of aryl methyl sites for hydroxylation is 1. The molecule has 0 amide bonds. The Labute approximate surface area is 141 Å². The van der Waals surface area contributed by atoms with Crippen molar-refractivity contribution in [2.75, 3.05) is 13.2 Å². The van der Waals surface area contributed by atoms with Crippen molar-refractivity contribution in [3.05, 3.63) is 28.6 Å². The molecule has 122 valence electrons. The van der Waals surface area contributed by atoms with Crippen LogP contribution in [0.5, 0.6) is 0 Å². The molecular weight excluding hydrogens is 312 g/mol. The Morgan fingerprint density at radius 3 is 2.74 bits per heavy atom. The fourth-order valence-corrected chi connectivity index (χ4v) is 4.65. The van der Waals surface area contributed by atoms with Crippen molar-refractivity contribution in [3.8, 4) is 0 Å². The molecule has 3 aliphatic rings. The Morgan fingerprint density at radius 1 is 1.30 bits per heavy atom. The van der Waals surface area contributed by atoms with Gasteiger partial charge in [-0.1, -0.05) is 17.7 Å². The van der Waals surface area contributed by atoms with E-state index in [1.54, 1.807) is 0 Å². The Kier molecular flexibility index (Phi) is 4.18. The molecule has 2 fully saturated rings. The van der Waals surface area contributed by atoms with Gasteiger partial charge in [-0.3, -0.25) is 0 Å². The van der Waals surface area contributed by atoms with Gasteiger partial charge in [-0.25, -0.2) is 0 Å². The average Bonchev–Trinajstić information content (AvgIpc) is 2.52. The predicted molar refractivity (Wildman–Crippen MR) is 90.1 cm³/mol. The fraction of sp³-hybridized carbons (Fsp3) is 0.625. The smallest absolute Gasteiger partial charge is 0.377 e. The van der Waals surface area contributed by atoms with E-state index in [4.69, 9.17) is 16.3 Å². The zero-order valence-electron chi connectivity index (χ0n) is 13.3. The first-order valence-electron chi connectivity index (χ1n) is 8.39. The second-order valence-electron chi connectivity index (χ2n) is 6.83. The topological polar surface area (TPSA) is 58.5 Å². The zero-order chi connectivity index (χ0) is 16.0. The lowest BCUT2D eigenvalue weighted by atomic mass is 9.70. The van der Waals surface area contributed by atoms with Crippen LogP contribution < -0.4 is 0 Å². The highest BCUT2D eigenvalue weighted by atomic mass is 35.5. The molecule has 1 aliphatic carbocycles. The number of hydrogen-bond acceptors (Lipinski definition) is 5. The molecule has 1 N–H and O–H groups in total. The van der Waals surface area contributed by atoms with Crippen molar-refractivity contribution in [3.63, 3.8) is 0 Å². The van der Waals surface area contributed by atoms with Gasteiger partial charge in [0.15, 0.2) is 5.15 Å². The number of piperidine rings is 1. The summed E-state index contributed by atoms with van der Waals surface area (Å²) in [5.74, 6) is 0.457. The van der Waals surface area contributed by atoms with E-state index in [2.05, 4.69) is 21.1 Å². The van der Waals surface area contributed by atoms with Crippen LogP contribution in [0.2, 0.25) is 12.0 Å². The molecule has 2 unspecified atom stereocenters. The SMILES string of the molecule is CB(O)N1C2COCC1CC(C1=CCCc3cc(Cl)nnc31)C2. The van der Waals surface area contributed by atoms with Crippen LogP contribution in [-0.2, 0) is 11.2 Å². The highest BCUT2D eigenvalue weighted by molar-refractivity contribution is 6.45. The summed E-state index contributed by atoms with van der Waals surface area (Å²) >= 11 is 6.00. The quantitative estimate of drug-likeness (QED) is 0.840. The molecule has 23 heavy (non-hydrogen) atoms. The highest BCUT2D eigenvalue weighted by Gasteiger charge is 2.43. The molecule has 2 aliphatic heterocycles. The Morgan fingerprint density at radius 2 is 2.04 bits per heavy atom. The monoisotopic (exact) mass is 333 g/mol. The van der Waals surface area contributed by atoms with Gasteiger partial charge in [0.1, 0.15) is 0 Å². The van der Waals surface area contributed by atoms with Crippen molar-refractivity contribution in [1.82, 2.24) is 15.0 Å². The molecule has 2 bridgehead atoms. The summed E-state index contributed by atoms with van der Waals surface area (Å²) in [4.78, 5) is 2.22. The molecule has 0 spiro atoms. The number of hydrogen-bond donors (Lipinski definition) is 1. The first kappa shape index (κ1) is 15.6. The van der Waals surface area contributed by atoms with Crippen LogP contribution in [0.15, 0.2) is 12.1 Å². The molecule has 0 aromatic carbocycles. The van der Waals surface area contributed by atoms with Gasteiger partial charge in [-0.15, -0.1) is 10.2 Å². The van der Waals surface area contributed by atoms with E-state index in [0.29, 0.717) is 24.3 Å². The molecule has 5 nitrogen and oxygen atoms in total. The summed E-state index contributed by atoms with van der Waals surface area (Å²) in [5, 5.41) is 19.0. The van der Waals surface area contributed by atoms with Crippen LogP contribution in [0.1, 0.15) is 30.5 Å². The highest BCUT2D eigenvalue weighted by Crippen LogP contribution is 2.41. The predicted octanol–water partition coefficient (Wildman–Crippen LogP) is 2.05. The van der Waals surface area contributed by atoms with Gasteiger partial charge in [-0.2, -0.15) is 0 Å². The molecule has 1 aromatic rings. The van der Waals surface area contributed by atoms with Gasteiger partial charge < -0.3 is 14.6 Å². The minimum atomic E-state index is -0.416. The number of halogens is 1. The minimum absolute atomic E-state index is 0.277. The summed E-state index contributed by atoms with van der Waals surface area (Å²) in [6.07, 6.45) is 6.33. The Balaban J connectivity index is 1.62. The van der Waals surface area contributed by atoms with Gasteiger partial charge in [0, 0.05) is 12.1 Å². The van der Waals surface area contributed by atoms with Crippen molar-refractivity contribution < 1.29 is 9.76 Å². The van der Waals surface area contributed by atoms with E-state index in [0.717, 1.165) is 31.4 Å². The van der Waals surface area contributed by atoms with Gasteiger partial charge >= 0.3 is 7.05 Å². The summed E-state index contributed by atoms with van der Waals surface area (Å²) < 4.78 is 5.72. The number of nitrogens with zero attached hydrogens (tertiary/aromatic N) is 3. The van der Waals surface area contributed by atoms with E-state index < -0.39 is 7.05 Å². The fourth-order valence-electron chi connectivity index (χ4n) is 4.48. The van der Waals surface area contributed by atoms with Crippen LogP contribution in [0.25, 0.3) is 5.57 Å². The molecule has 2 saturated heterocycles. The first-order chi connectivity index (χ1) is 11.1. The summed E-state index contributed by atoms with van der Waals surface area (Å²) in [6, 6.07) is 2.50. The largest absolute Gasteiger partial charge is 0.437 e. The average molecular weight is 334 g/mol. The van der Waals surface area contributed by atoms with E-state index >= 15 is 0 Å². The van der Waals surface area contributed by atoms with Crippen LogP contribution in [0.4, 0.5) is 0 Å². The Hall–Kier alpha value is -0.945. The summed E-state index contributed by atoms with van der Waals surface area (Å²) in [6.45, 7) is 3.25. The maximum atomic E-state index is 10.1. The number of rotatable bonds is 2. The van der Waals surface area contributed by atoms with E-state index in [1.807, 2.05) is 12.9 Å². The molecule has 0 saturated carbocycles. The van der Waals surface area contributed by atoms with Crippen molar-refractivity contribution >= 4 is 24.2 Å². The van der Waals surface area contributed by atoms with Gasteiger partial charge in [-0.05, 0) is 55.6 Å². The lowest BCUT2D eigenvalue weighted by Gasteiger charge is -2.50. The molecule has 0 radical (unpaired) electrons. The van der Waals surface area contributed by atoms with Gasteiger partial charge in [0.05, 0.1) is 18.9 Å². The molecule has 7 heteroatoms. The van der Waals surface area contributed by atoms with Crippen LogP contribution in [0, 0.1) is 5.92 Å². The maximum Gasteiger partial charge on any atom is 0.377 e. The third-order valence-electron chi connectivity index (χ3n) is 5.34. The van der Waals surface area contributed by atoms with E-state index in [-0.39, 0.29) is 12.1 Å². The third kappa shape index (κ3) is 2.82. The zero-order valence-corrected chi connectivity index (χ0v) is 14.0. The normalized spacial score (nSPS) is 30.6. The van der Waals surface area contributed by atoms with Crippen molar-refractivity contribution in [1.29, 1.82) is 0 Å². The standard InChI is InChI=1S/C16H21BClN3O2/c1-17(22)21-12-5-11(6-13(21)9-23-8-12)14-4-2-3-10-7-15(18)19-20-16(10)14/h4,7,11-13,22H,2-3,5-6,8-9H2,1H3. The lowest BCUT2D eigenvalue weighted by Crippen LogP contribution is -2.61. The number of ether oxygens (including phenoxy) is 1. The molecule has 4 rings (SSSR count). The summed E-state index contributed by atoms with van der Waals surface area (Å²) in [7, 11) is -0.416. The minimum Gasteiger partial charge on any atom is -0.437 e. The molecule has 1 aromatic heterocycles. The number of aromatic nitrogens is 2. The molecule has 2 atom stereocenters. The maximum absolute atomic E-state index is 10.1. The number of allylic oxidation sites excluding steroid dienone is 2. The summed E-state index contributed by atoms with van der Waals surface area (Å²) in [5.41, 5.74) is 3.55. The Bertz CT molecular complexity index is 626. The molecule has 3 heterocycles. The number of fused-ring (bicyclic) bond motifs is 3. The first-order valence-corrected chi connectivity index (χ1v) is 8.77. The van der Waals surface area contributed by atoms with Crippen LogP contribution in [0.3, 0.4) is 0 Å². The van der Waals surface area contributed by atoms with E-state index in [9.17, 15) is 5.02 Å². The molecular formula is C16H21BClN3O2.